The number of aryl methyl sites for hydroxylation is 4. The average Bonchev–Trinajstić information content (AvgIpc) is 1.51. The number of nitrogens with zero attached hydrogens (tertiary/aromatic N) is 4. The molecule has 100 heavy (non-hydrogen) atoms. The van der Waals surface area contributed by atoms with Crippen molar-refractivity contribution in [3.63, 3.8) is 0 Å². The summed E-state index contributed by atoms with van der Waals surface area (Å²) >= 11 is 17.4. The third-order valence-corrected chi connectivity index (χ3v) is 29.7. The smallest absolute Gasteiger partial charge is 0.496 e. The molecule has 0 spiro atoms. The van der Waals surface area contributed by atoms with Crippen molar-refractivity contribution < 1.29 is 28.1 Å². The summed E-state index contributed by atoms with van der Waals surface area (Å²) in [5.74, 6) is 1.96. The molecule has 12 aromatic rings. The van der Waals surface area contributed by atoms with Crippen LogP contribution in [0.25, 0.3) is 95.8 Å². The van der Waals surface area contributed by atoms with Crippen molar-refractivity contribution in [3.05, 3.63) is 146 Å². The molecule has 2 fully saturated rings. The Labute approximate surface area is 631 Å². The van der Waals surface area contributed by atoms with Gasteiger partial charge in [-0.25, -0.2) is 0 Å². The Morgan fingerprint density at radius 2 is 0.730 bits per heavy atom. The van der Waals surface area contributed by atoms with Crippen LogP contribution >= 0.6 is 101 Å². The third kappa shape index (κ3) is 10.1. The van der Waals surface area contributed by atoms with E-state index < -0.39 is 36.6 Å². The molecule has 0 bridgehead atoms. The van der Waals surface area contributed by atoms with Crippen molar-refractivity contribution in [2.24, 2.45) is 0 Å². The second-order valence-electron chi connectivity index (χ2n) is 31.5. The summed E-state index contributed by atoms with van der Waals surface area (Å²) in [6, 6.07) is 27.3. The highest BCUT2D eigenvalue weighted by Crippen LogP contribution is 2.65. The van der Waals surface area contributed by atoms with E-state index in [0.29, 0.717) is 0 Å². The first kappa shape index (κ1) is 71.8. The van der Waals surface area contributed by atoms with E-state index in [9.17, 15) is 0 Å². The lowest BCUT2D eigenvalue weighted by atomic mass is 9.72. The Kier molecular flexibility index (Phi) is 17.0. The zero-order valence-corrected chi connectivity index (χ0v) is 67.6. The highest BCUT2D eigenvalue weighted by molar-refractivity contribution is 9.11. The first-order valence-corrected chi connectivity index (χ1v) is 39.7. The van der Waals surface area contributed by atoms with E-state index in [1.54, 1.807) is 0 Å². The molecule has 4 aliphatic carbocycles. The molecule has 0 N–H and O–H groups in total. The summed E-state index contributed by atoms with van der Waals surface area (Å²) in [5.41, 5.74) is 25.2. The second kappa shape index (κ2) is 23.7. The van der Waals surface area contributed by atoms with Crippen LogP contribution in [0, 0.1) is 27.7 Å². The lowest BCUT2D eigenvalue weighted by molar-refractivity contribution is 0.00578. The lowest BCUT2D eigenvalue weighted by Crippen LogP contribution is -2.41. The Bertz CT molecular complexity index is 5370. The van der Waals surface area contributed by atoms with Crippen molar-refractivity contribution in [3.8, 4) is 63.7 Å². The molecule has 2 aliphatic heterocycles. The first-order chi connectivity index (χ1) is 45.9. The Hall–Kier alpha value is -5.19. The van der Waals surface area contributed by atoms with Crippen molar-refractivity contribution >= 4 is 169 Å². The minimum atomic E-state index is -0.478. The lowest BCUT2D eigenvalue weighted by Gasteiger charge is -2.32. The molecule has 0 radical (unpaired) electrons. The molecule has 0 saturated carbocycles. The first-order valence-electron chi connectivity index (χ1n) is 33.4. The van der Waals surface area contributed by atoms with Crippen molar-refractivity contribution in [2.75, 3.05) is 14.2 Å². The number of hydrogen-bond donors (Lipinski definition) is 0. The fraction of sp³-hybridized carbons (Fsp3) is 0.400. The van der Waals surface area contributed by atoms with Crippen molar-refractivity contribution in [1.29, 1.82) is 0 Å². The zero-order chi connectivity index (χ0) is 69.7. The monoisotopic (exact) mass is 1570 g/mol. The van der Waals surface area contributed by atoms with Gasteiger partial charge in [0.15, 0.2) is 0 Å². The maximum absolute atomic E-state index is 6.23. The van der Waals surface area contributed by atoms with E-state index >= 15 is 0 Å². The van der Waals surface area contributed by atoms with Gasteiger partial charge in [0.05, 0.1) is 67.7 Å². The van der Waals surface area contributed by atoms with Crippen LogP contribution in [0.5, 0.6) is 11.5 Å². The van der Waals surface area contributed by atoms with Gasteiger partial charge >= 0.3 is 14.2 Å². The summed E-state index contributed by atoms with van der Waals surface area (Å²) in [7, 11) is 2.68. The zero-order valence-electron chi connectivity index (χ0n) is 59.5. The van der Waals surface area contributed by atoms with Crippen LogP contribution in [-0.4, -0.2) is 68.4 Å². The molecule has 20 heteroatoms. The fourth-order valence-corrected chi connectivity index (χ4v) is 24.2. The van der Waals surface area contributed by atoms with Gasteiger partial charge in [0.25, 0.3) is 0 Å². The molecule has 0 unspecified atom stereocenters. The maximum atomic E-state index is 6.23. The van der Waals surface area contributed by atoms with Crippen LogP contribution in [0.2, 0.25) is 0 Å². The average molecular weight is 1570 g/mol. The van der Waals surface area contributed by atoms with Crippen LogP contribution < -0.4 is 20.4 Å². The van der Waals surface area contributed by atoms with Crippen molar-refractivity contribution in [2.45, 2.75) is 197 Å². The Balaban J connectivity index is 0.000000129. The van der Waals surface area contributed by atoms with Crippen molar-refractivity contribution in [1.82, 2.24) is 17.5 Å². The third-order valence-electron chi connectivity index (χ3n) is 23.1. The predicted octanol–water partition coefficient (Wildman–Crippen LogP) is 23.2. The fourth-order valence-electron chi connectivity index (χ4n) is 16.6. The molecule has 2 saturated heterocycles. The van der Waals surface area contributed by atoms with E-state index in [1.807, 2.05) is 127 Å². The summed E-state index contributed by atoms with van der Waals surface area (Å²) < 4.78 is 57.8. The SMILES string of the molecule is C.C.CC1(C)OB(c2ccc(B3OC(C)(C)C(C)(C)O3)c3nsnc23)OC1(C)C.COc1cc2c3c(c(C)cc2c2c1-c1sc(-c4ccc(C)c5nsnc45)cc1C2(C)C)-c1sc(C)cc1C3(C)C.COc1cc2c3c(c(C)cc2c2c1-c1sc(Br)cc1C2(C)C)-c1sc(Br)cc1C3(C)C. The molecule has 6 aromatic heterocycles. The Morgan fingerprint density at radius 3 is 1.16 bits per heavy atom. The number of benzene rings is 6. The molecule has 518 valence electrons. The number of thiophene rings is 4. The standard InChI is InChI=1S/C34H30N2OS3.C26H22Br2OS2.C18H26B2N2O4S.2CH4/c1-15-9-10-18(30-29(15)35-40-36-30)24-14-22-32(39-24)26-23(37-8)13-20-19(28(26)34(22,6)7)11-16(2)25-27(20)33(4,5)21-12-17(3)38-31(21)25;1-11-7-12-13(21-19(11)23-14(25(21,2)3)9-17(27)30-23)8-16(29-6)20-22(12)26(4,5)15-10-18(28)31-24(15)20;1-15(2)16(3,4)24-19(23-15)11-9-10-12(14-13(11)21-27-22-14)20-25-17(5,6)18(7,8)26-20;;/h9-14H,1-8H3;7-10H,1-6H3;9-10H,1-8H3;2*1H4. The van der Waals surface area contributed by atoms with Gasteiger partial charge in [0.2, 0.25) is 0 Å². The number of halogens is 2. The van der Waals surface area contributed by atoms with Crippen LogP contribution in [0.3, 0.4) is 0 Å². The summed E-state index contributed by atoms with van der Waals surface area (Å²) in [6.45, 7) is 44.3. The van der Waals surface area contributed by atoms with E-state index in [2.05, 4.69) is 193 Å². The largest absolute Gasteiger partial charge is 0.497 e. The highest BCUT2D eigenvalue weighted by atomic mass is 79.9. The summed E-state index contributed by atoms with van der Waals surface area (Å²) in [5, 5.41) is 5.41. The van der Waals surface area contributed by atoms with Crippen LogP contribution in [-0.2, 0) is 40.3 Å². The quantitative estimate of drug-likeness (QED) is 0.155. The van der Waals surface area contributed by atoms with Gasteiger partial charge in [0.1, 0.15) is 33.6 Å². The molecular formula is C80H86B2Br2N4O6S6. The summed E-state index contributed by atoms with van der Waals surface area (Å²) in [6.07, 6.45) is 0. The van der Waals surface area contributed by atoms with E-state index in [0.717, 1.165) is 44.5 Å². The number of aromatic nitrogens is 4. The minimum Gasteiger partial charge on any atom is -0.496 e. The molecule has 18 rings (SSSR count). The van der Waals surface area contributed by atoms with Gasteiger partial charge in [-0.3, -0.25) is 0 Å². The molecule has 6 aliphatic rings. The maximum Gasteiger partial charge on any atom is 0.497 e. The van der Waals surface area contributed by atoms with Gasteiger partial charge < -0.3 is 28.1 Å². The highest BCUT2D eigenvalue weighted by Gasteiger charge is 2.55. The number of rotatable bonds is 5. The van der Waals surface area contributed by atoms with Crippen LogP contribution in [0.1, 0.15) is 192 Å². The van der Waals surface area contributed by atoms with Crippen LogP contribution in [0.4, 0.5) is 0 Å². The second-order valence-corrected chi connectivity index (χ2v) is 39.8. The van der Waals surface area contributed by atoms with E-state index in [4.69, 9.17) is 28.1 Å². The Morgan fingerprint density at radius 1 is 0.380 bits per heavy atom. The molecular weight excluding hydrogens is 1490 g/mol. The van der Waals surface area contributed by atoms with Gasteiger partial charge in [-0.2, -0.15) is 17.5 Å². The van der Waals surface area contributed by atoms with Crippen LogP contribution in [0.15, 0.2) is 80.4 Å². The molecule has 10 nitrogen and oxygen atoms in total. The minimum absolute atomic E-state index is 0. The number of methoxy groups -OCH3 is 2. The molecule has 6 aromatic carbocycles. The number of fused-ring (bicyclic) bond motifs is 20. The van der Waals surface area contributed by atoms with Gasteiger partial charge in [0, 0.05) is 78.5 Å². The van der Waals surface area contributed by atoms with E-state index in [-0.39, 0.29) is 36.5 Å². The van der Waals surface area contributed by atoms with Gasteiger partial charge in [-0.1, -0.05) is 107 Å². The summed E-state index contributed by atoms with van der Waals surface area (Å²) in [4.78, 5) is 8.14. The number of hydrogen-bond acceptors (Lipinski definition) is 16. The van der Waals surface area contributed by atoms with Gasteiger partial charge in [-0.15, -0.1) is 45.3 Å². The molecule has 8 heterocycles. The van der Waals surface area contributed by atoms with E-state index in [1.165, 1.54) is 171 Å². The topological polar surface area (TPSA) is 107 Å². The number of ether oxygens (including phenoxy) is 2. The molecule has 0 atom stereocenters. The molecule has 0 amide bonds. The van der Waals surface area contributed by atoms with Gasteiger partial charge in [-0.05, 0) is 245 Å². The normalized spacial score (nSPS) is 18.5. The predicted molar refractivity (Wildman–Crippen MR) is 436 cm³/mol.